The molecule has 26 heavy (non-hydrogen) atoms. The number of pyridine rings is 1. The van der Waals surface area contributed by atoms with Gasteiger partial charge in [-0.25, -0.2) is 4.79 Å². The number of carbonyl (C=O) groups is 1. The molecule has 0 saturated heterocycles. The van der Waals surface area contributed by atoms with Crippen LogP contribution in [-0.4, -0.2) is 34.9 Å². The number of aliphatic carboxylic acids is 1. The molecule has 1 aliphatic heterocycles. The maximum Gasteiger partial charge on any atom is 0.333 e. The van der Waals surface area contributed by atoms with Crippen molar-refractivity contribution < 1.29 is 14.6 Å². The second kappa shape index (κ2) is 7.70. The van der Waals surface area contributed by atoms with Crippen LogP contribution in [0.5, 0.6) is 0 Å². The summed E-state index contributed by atoms with van der Waals surface area (Å²) < 4.78 is 6.21. The number of ether oxygens (including phenoxy) is 1. The maximum absolute atomic E-state index is 11.9. The first-order valence-electron chi connectivity index (χ1n) is 8.03. The summed E-state index contributed by atoms with van der Waals surface area (Å²) in [5.41, 5.74) is 2.68. The van der Waals surface area contributed by atoms with Crippen LogP contribution in [0.2, 0.25) is 0 Å². The summed E-state index contributed by atoms with van der Waals surface area (Å²) in [6.45, 7) is 1.91. The van der Waals surface area contributed by atoms with Crippen LogP contribution in [0.25, 0.3) is 5.76 Å². The minimum absolute atomic E-state index is 0.269. The monoisotopic (exact) mass is 415 g/mol. The fourth-order valence-corrected chi connectivity index (χ4v) is 3.72. The number of hydrogen-bond donors (Lipinski definition) is 2. The van der Waals surface area contributed by atoms with Crippen LogP contribution in [0.3, 0.4) is 0 Å². The molecule has 0 radical (unpaired) electrons. The van der Waals surface area contributed by atoms with Gasteiger partial charge in [0.1, 0.15) is 5.76 Å². The first-order chi connectivity index (χ1) is 12.5. The Kier molecular flexibility index (Phi) is 5.37. The number of nitrogens with one attached hydrogen (secondary N) is 1. The molecule has 1 aromatic carbocycles. The Morgan fingerprint density at radius 1 is 1.31 bits per heavy atom. The van der Waals surface area contributed by atoms with E-state index in [1.54, 1.807) is 31.6 Å². The van der Waals surface area contributed by atoms with E-state index in [9.17, 15) is 9.90 Å². The molecule has 134 valence electrons. The number of carboxylic acids is 1. The average Bonchev–Trinajstić information content (AvgIpc) is 2.76. The van der Waals surface area contributed by atoms with Gasteiger partial charge in [-0.3, -0.25) is 9.98 Å². The van der Waals surface area contributed by atoms with Crippen LogP contribution >= 0.6 is 15.9 Å². The number of aliphatic imine (C=N–C) groups is 1. The zero-order valence-electron chi connectivity index (χ0n) is 14.3. The summed E-state index contributed by atoms with van der Waals surface area (Å²) in [4.78, 5) is 20.5. The van der Waals surface area contributed by atoms with E-state index in [0.29, 0.717) is 27.1 Å². The SMILES string of the molecule is COC1=C(Br)C([C@H](C)Nc2cccnc2)=N[C@@H](C(=O)O)c2ccccc21. The van der Waals surface area contributed by atoms with E-state index in [0.717, 1.165) is 5.69 Å². The van der Waals surface area contributed by atoms with Crippen molar-refractivity contribution in [3.8, 4) is 0 Å². The number of benzene rings is 1. The summed E-state index contributed by atoms with van der Waals surface area (Å²) >= 11 is 3.57. The third-order valence-electron chi connectivity index (χ3n) is 4.09. The van der Waals surface area contributed by atoms with Gasteiger partial charge in [0.2, 0.25) is 0 Å². The zero-order valence-corrected chi connectivity index (χ0v) is 15.9. The van der Waals surface area contributed by atoms with Crippen LogP contribution in [0, 0.1) is 0 Å². The molecule has 0 spiro atoms. The van der Waals surface area contributed by atoms with E-state index in [4.69, 9.17) is 4.74 Å². The van der Waals surface area contributed by atoms with Crippen molar-refractivity contribution in [1.82, 2.24) is 4.98 Å². The molecule has 1 aromatic heterocycles. The molecule has 0 unspecified atom stereocenters. The third-order valence-corrected chi connectivity index (χ3v) is 4.85. The summed E-state index contributed by atoms with van der Waals surface area (Å²) in [6.07, 6.45) is 3.39. The van der Waals surface area contributed by atoms with Crippen molar-refractivity contribution in [3.05, 3.63) is 64.4 Å². The van der Waals surface area contributed by atoms with Crippen molar-refractivity contribution in [1.29, 1.82) is 0 Å². The number of nitrogens with zero attached hydrogens (tertiary/aromatic N) is 2. The van der Waals surface area contributed by atoms with Gasteiger partial charge in [-0.15, -0.1) is 0 Å². The predicted molar refractivity (Wildman–Crippen MR) is 104 cm³/mol. The molecule has 6 nitrogen and oxygen atoms in total. The quantitative estimate of drug-likeness (QED) is 0.773. The first kappa shape index (κ1) is 18.1. The Hall–Kier alpha value is -2.67. The van der Waals surface area contributed by atoms with Gasteiger partial charge < -0.3 is 15.2 Å². The Labute approximate surface area is 159 Å². The number of anilines is 1. The van der Waals surface area contributed by atoms with Crippen molar-refractivity contribution in [3.63, 3.8) is 0 Å². The number of carboxylic acid groups (broad SMARTS) is 1. The van der Waals surface area contributed by atoms with E-state index in [1.165, 1.54) is 0 Å². The van der Waals surface area contributed by atoms with Gasteiger partial charge >= 0.3 is 5.97 Å². The number of halogens is 1. The number of aromatic nitrogens is 1. The molecule has 0 aliphatic carbocycles. The molecule has 0 bridgehead atoms. The standard InChI is InChI=1S/C19H18BrN3O3/c1-11(22-12-6-5-9-21-10-12)16-15(20)18(26-2)14-8-4-3-7-13(14)17(23-16)19(24)25/h3-11,17,22H,1-2H3,(H,24,25)/t11-,17+/m0/s1. The normalized spacial score (nSPS) is 17.7. The number of fused-ring (bicyclic) bond motifs is 1. The largest absolute Gasteiger partial charge is 0.495 e. The lowest BCUT2D eigenvalue weighted by atomic mass is 10.00. The van der Waals surface area contributed by atoms with Crippen molar-refractivity contribution in [2.75, 3.05) is 12.4 Å². The predicted octanol–water partition coefficient (Wildman–Crippen LogP) is 3.87. The van der Waals surface area contributed by atoms with Crippen molar-refractivity contribution in [2.45, 2.75) is 19.0 Å². The highest BCUT2D eigenvalue weighted by molar-refractivity contribution is 9.12. The number of hydrogen-bond acceptors (Lipinski definition) is 5. The van der Waals surface area contributed by atoms with E-state index in [2.05, 4.69) is 31.2 Å². The molecule has 1 aliphatic rings. The first-order valence-corrected chi connectivity index (χ1v) is 8.82. The number of methoxy groups -OCH3 is 1. The van der Waals surface area contributed by atoms with Crippen LogP contribution < -0.4 is 5.32 Å². The van der Waals surface area contributed by atoms with Crippen LogP contribution in [0.4, 0.5) is 5.69 Å². The molecule has 2 N–H and O–H groups in total. The molecule has 2 aromatic rings. The molecule has 7 heteroatoms. The number of rotatable bonds is 5. The zero-order chi connectivity index (χ0) is 18.7. The average molecular weight is 416 g/mol. The van der Waals surface area contributed by atoms with Gasteiger partial charge in [-0.1, -0.05) is 24.3 Å². The molecule has 0 fully saturated rings. The molecular weight excluding hydrogens is 398 g/mol. The van der Waals surface area contributed by atoms with Gasteiger partial charge in [0, 0.05) is 18.0 Å². The highest BCUT2D eigenvalue weighted by Crippen LogP contribution is 2.36. The highest BCUT2D eigenvalue weighted by Gasteiger charge is 2.31. The molecule has 0 saturated carbocycles. The molecular formula is C19H18BrN3O3. The summed E-state index contributed by atoms with van der Waals surface area (Å²) in [5.74, 6) is -0.455. The third kappa shape index (κ3) is 3.48. The second-order valence-corrected chi connectivity index (χ2v) is 6.59. The fourth-order valence-electron chi connectivity index (χ4n) is 2.90. The van der Waals surface area contributed by atoms with E-state index < -0.39 is 12.0 Å². The van der Waals surface area contributed by atoms with Gasteiger partial charge in [-0.2, -0.15) is 0 Å². The van der Waals surface area contributed by atoms with E-state index in [1.807, 2.05) is 31.2 Å². The minimum Gasteiger partial charge on any atom is -0.495 e. The lowest BCUT2D eigenvalue weighted by Gasteiger charge is -2.18. The molecule has 0 amide bonds. The van der Waals surface area contributed by atoms with Crippen LogP contribution in [0.15, 0.2) is 58.3 Å². The lowest BCUT2D eigenvalue weighted by molar-refractivity contribution is -0.138. The van der Waals surface area contributed by atoms with E-state index >= 15 is 0 Å². The van der Waals surface area contributed by atoms with Crippen molar-refractivity contribution in [2.24, 2.45) is 4.99 Å². The topological polar surface area (TPSA) is 83.8 Å². The summed E-state index contributed by atoms with van der Waals surface area (Å²) in [7, 11) is 1.56. The summed E-state index contributed by atoms with van der Waals surface area (Å²) in [6, 6.07) is 9.68. The van der Waals surface area contributed by atoms with Gasteiger partial charge in [0.25, 0.3) is 0 Å². The molecule has 2 heterocycles. The van der Waals surface area contributed by atoms with Gasteiger partial charge in [-0.05, 0) is 40.5 Å². The highest BCUT2D eigenvalue weighted by atomic mass is 79.9. The van der Waals surface area contributed by atoms with Gasteiger partial charge in [0.05, 0.1) is 29.0 Å². The Bertz CT molecular complexity index is 881. The Morgan fingerprint density at radius 2 is 2.08 bits per heavy atom. The Balaban J connectivity index is 2.10. The summed E-state index contributed by atoms with van der Waals surface area (Å²) in [5, 5.41) is 13.0. The fraction of sp³-hybridized carbons (Fsp3) is 0.211. The second-order valence-electron chi connectivity index (χ2n) is 5.80. The lowest BCUT2D eigenvalue weighted by Crippen LogP contribution is -2.28. The van der Waals surface area contributed by atoms with Crippen LogP contribution in [0.1, 0.15) is 24.1 Å². The van der Waals surface area contributed by atoms with Crippen molar-refractivity contribution >= 4 is 39.1 Å². The molecule has 2 atom stereocenters. The molecule has 3 rings (SSSR count). The van der Waals surface area contributed by atoms with E-state index in [-0.39, 0.29) is 6.04 Å². The Morgan fingerprint density at radius 3 is 2.73 bits per heavy atom. The smallest absolute Gasteiger partial charge is 0.333 e. The van der Waals surface area contributed by atoms with Gasteiger partial charge in [0.15, 0.2) is 6.04 Å². The van der Waals surface area contributed by atoms with Crippen LogP contribution in [-0.2, 0) is 9.53 Å². The maximum atomic E-state index is 11.9. The minimum atomic E-state index is -1.01.